The van der Waals surface area contributed by atoms with Gasteiger partial charge < -0.3 is 4.90 Å². The fraction of sp³-hybridized carbons (Fsp3) is 0.296. The van der Waals surface area contributed by atoms with Crippen molar-refractivity contribution in [3.63, 3.8) is 0 Å². The molecular formula is C27H30N2O3S. The van der Waals surface area contributed by atoms with Gasteiger partial charge in [0.15, 0.2) is 0 Å². The number of benzene rings is 3. The Labute approximate surface area is 196 Å². The molecule has 3 aromatic carbocycles. The number of amides is 1. The highest BCUT2D eigenvalue weighted by Gasteiger charge is 2.25. The molecule has 1 heterocycles. The van der Waals surface area contributed by atoms with Gasteiger partial charge in [0.1, 0.15) is 0 Å². The van der Waals surface area contributed by atoms with Gasteiger partial charge in [-0.05, 0) is 104 Å². The minimum atomic E-state index is -3.77. The number of fused-ring (bicyclic) bond motifs is 1. The summed E-state index contributed by atoms with van der Waals surface area (Å²) >= 11 is 0. The zero-order valence-corrected chi connectivity index (χ0v) is 20.6. The summed E-state index contributed by atoms with van der Waals surface area (Å²) in [5.74, 6) is -0.0101. The second kappa shape index (κ2) is 8.67. The van der Waals surface area contributed by atoms with Gasteiger partial charge in [-0.15, -0.1) is 0 Å². The van der Waals surface area contributed by atoms with E-state index in [1.807, 2.05) is 88.0 Å². The van der Waals surface area contributed by atoms with E-state index in [0.29, 0.717) is 29.2 Å². The maximum absolute atomic E-state index is 13.4. The number of anilines is 1. The van der Waals surface area contributed by atoms with Gasteiger partial charge in [-0.25, -0.2) is 8.42 Å². The highest BCUT2D eigenvalue weighted by atomic mass is 32.2. The van der Waals surface area contributed by atoms with E-state index in [-0.39, 0.29) is 5.91 Å². The molecule has 3 aromatic rings. The topological polar surface area (TPSA) is 66.5 Å². The fourth-order valence-electron chi connectivity index (χ4n) is 4.63. The van der Waals surface area contributed by atoms with Crippen LogP contribution in [0.3, 0.4) is 0 Å². The van der Waals surface area contributed by atoms with Crippen LogP contribution in [-0.2, 0) is 23.0 Å². The Kier molecular flexibility index (Phi) is 6.06. The predicted molar refractivity (Wildman–Crippen MR) is 132 cm³/mol. The Balaban J connectivity index is 1.63. The molecule has 33 heavy (non-hydrogen) atoms. The molecular weight excluding hydrogens is 432 g/mol. The summed E-state index contributed by atoms with van der Waals surface area (Å²) < 4.78 is 29.6. The van der Waals surface area contributed by atoms with Crippen molar-refractivity contribution in [3.05, 3.63) is 93.0 Å². The number of carbonyl (C=O) groups is 1. The Morgan fingerprint density at radius 3 is 2.06 bits per heavy atom. The Bertz CT molecular complexity index is 1320. The summed E-state index contributed by atoms with van der Waals surface area (Å²) in [6.45, 7) is 10.8. The van der Waals surface area contributed by atoms with Crippen LogP contribution in [0.4, 0.5) is 5.69 Å². The molecule has 0 atom stereocenters. The van der Waals surface area contributed by atoms with Crippen LogP contribution in [-0.4, -0.2) is 25.8 Å². The number of nitrogens with zero attached hydrogens (tertiary/aromatic N) is 1. The van der Waals surface area contributed by atoms with E-state index in [1.54, 1.807) is 0 Å². The van der Waals surface area contributed by atoms with Crippen LogP contribution in [0.25, 0.3) is 0 Å². The zero-order chi connectivity index (χ0) is 23.9. The lowest BCUT2D eigenvalue weighted by Crippen LogP contribution is -2.36. The lowest BCUT2D eigenvalue weighted by Gasteiger charge is -2.29. The maximum atomic E-state index is 13.4. The molecule has 172 valence electrons. The van der Waals surface area contributed by atoms with Crippen molar-refractivity contribution in [2.75, 3.05) is 11.3 Å². The monoisotopic (exact) mass is 462 g/mol. The van der Waals surface area contributed by atoms with Crippen molar-refractivity contribution in [3.8, 4) is 0 Å². The Morgan fingerprint density at radius 1 is 0.818 bits per heavy atom. The molecule has 0 spiro atoms. The quantitative estimate of drug-likeness (QED) is 0.577. The lowest BCUT2D eigenvalue weighted by atomic mass is 9.95. The largest absolute Gasteiger partial charge is 0.334 e. The first-order chi connectivity index (χ1) is 15.6. The Morgan fingerprint density at radius 2 is 1.42 bits per heavy atom. The minimum absolute atomic E-state index is 0.0101. The van der Waals surface area contributed by atoms with Gasteiger partial charge in [0.25, 0.3) is 15.9 Å². The molecule has 1 N–H and O–H groups in total. The summed E-state index contributed by atoms with van der Waals surface area (Å²) in [6, 6.07) is 14.9. The predicted octanol–water partition coefficient (Wildman–Crippen LogP) is 5.23. The molecule has 1 aliphatic rings. The second-order valence-corrected chi connectivity index (χ2v) is 10.5. The first kappa shape index (κ1) is 23.1. The summed E-state index contributed by atoms with van der Waals surface area (Å²) in [7, 11) is -3.77. The van der Waals surface area contributed by atoms with Crippen molar-refractivity contribution in [1.29, 1.82) is 0 Å². The first-order valence-electron chi connectivity index (χ1n) is 11.2. The number of rotatable bonds is 4. The molecule has 0 bridgehead atoms. The van der Waals surface area contributed by atoms with Crippen molar-refractivity contribution >= 4 is 21.6 Å². The highest BCUT2D eigenvalue weighted by molar-refractivity contribution is 7.92. The Hall–Kier alpha value is -3.12. The highest BCUT2D eigenvalue weighted by Crippen LogP contribution is 2.31. The molecule has 0 aliphatic carbocycles. The van der Waals surface area contributed by atoms with Crippen LogP contribution in [0.2, 0.25) is 0 Å². The first-order valence-corrected chi connectivity index (χ1v) is 12.6. The van der Waals surface area contributed by atoms with Crippen molar-refractivity contribution in [2.45, 2.75) is 52.5 Å². The van der Waals surface area contributed by atoms with Crippen molar-refractivity contribution < 1.29 is 13.2 Å². The minimum Gasteiger partial charge on any atom is -0.334 e. The standard InChI is InChI=1S/C27H30N2O3S/c1-17-18(2)20(4)26(21(5)19(17)3)33(31,32)28-25-12-11-22-13-14-29(16-24(22)15-25)27(30)23-9-7-6-8-10-23/h6-12,15,28H,13-14,16H2,1-5H3. The van der Waals surface area contributed by atoms with Gasteiger partial charge in [-0.3, -0.25) is 9.52 Å². The third kappa shape index (κ3) is 4.27. The molecule has 0 saturated carbocycles. The molecule has 1 amide bonds. The van der Waals surface area contributed by atoms with Gasteiger partial charge in [-0.2, -0.15) is 0 Å². The number of sulfonamides is 1. The number of carbonyl (C=O) groups excluding carboxylic acids is 1. The third-order valence-corrected chi connectivity index (χ3v) is 8.63. The van der Waals surface area contributed by atoms with E-state index in [2.05, 4.69) is 4.72 Å². The lowest BCUT2D eigenvalue weighted by molar-refractivity contribution is 0.0734. The molecule has 6 heteroatoms. The van der Waals surface area contributed by atoms with Crippen LogP contribution in [0.5, 0.6) is 0 Å². The maximum Gasteiger partial charge on any atom is 0.262 e. The summed E-state index contributed by atoms with van der Waals surface area (Å²) in [6.07, 6.45) is 0.746. The van der Waals surface area contributed by atoms with E-state index in [0.717, 1.165) is 45.4 Å². The van der Waals surface area contributed by atoms with E-state index >= 15 is 0 Å². The van der Waals surface area contributed by atoms with E-state index in [4.69, 9.17) is 0 Å². The molecule has 0 fully saturated rings. The van der Waals surface area contributed by atoms with Gasteiger partial charge >= 0.3 is 0 Å². The molecule has 0 radical (unpaired) electrons. The molecule has 0 saturated heterocycles. The summed E-state index contributed by atoms with van der Waals surface area (Å²) in [4.78, 5) is 15.1. The molecule has 0 aromatic heterocycles. The SMILES string of the molecule is Cc1c(C)c(C)c(S(=O)(=O)Nc2ccc3c(c2)CN(C(=O)c2ccccc2)CC3)c(C)c1C. The normalized spacial score (nSPS) is 13.5. The molecule has 5 nitrogen and oxygen atoms in total. The zero-order valence-electron chi connectivity index (χ0n) is 19.8. The van der Waals surface area contributed by atoms with Crippen LogP contribution in [0, 0.1) is 34.6 Å². The van der Waals surface area contributed by atoms with Crippen LogP contribution < -0.4 is 4.72 Å². The smallest absolute Gasteiger partial charge is 0.262 e. The number of hydrogen-bond acceptors (Lipinski definition) is 3. The second-order valence-electron chi connectivity index (χ2n) is 8.89. The molecule has 4 rings (SSSR count). The van der Waals surface area contributed by atoms with Crippen LogP contribution in [0.1, 0.15) is 49.3 Å². The summed E-state index contributed by atoms with van der Waals surface area (Å²) in [5.41, 5.74) is 7.96. The van der Waals surface area contributed by atoms with Crippen molar-refractivity contribution in [2.24, 2.45) is 0 Å². The van der Waals surface area contributed by atoms with Gasteiger partial charge in [0, 0.05) is 24.3 Å². The third-order valence-electron chi connectivity index (χ3n) is 6.98. The van der Waals surface area contributed by atoms with Crippen molar-refractivity contribution in [1.82, 2.24) is 4.90 Å². The average Bonchev–Trinajstić information content (AvgIpc) is 2.80. The van der Waals surface area contributed by atoms with Crippen LogP contribution in [0.15, 0.2) is 53.4 Å². The number of hydrogen-bond donors (Lipinski definition) is 1. The summed E-state index contributed by atoms with van der Waals surface area (Å²) in [5, 5.41) is 0. The average molecular weight is 463 g/mol. The van der Waals surface area contributed by atoms with E-state index in [1.165, 1.54) is 0 Å². The van der Waals surface area contributed by atoms with Crippen LogP contribution >= 0.6 is 0 Å². The molecule has 0 unspecified atom stereocenters. The van der Waals surface area contributed by atoms with Gasteiger partial charge in [0.05, 0.1) is 4.90 Å². The van der Waals surface area contributed by atoms with Gasteiger partial charge in [0.2, 0.25) is 0 Å². The number of nitrogens with one attached hydrogen (secondary N) is 1. The van der Waals surface area contributed by atoms with E-state index in [9.17, 15) is 13.2 Å². The fourth-order valence-corrected chi connectivity index (χ4v) is 6.28. The van der Waals surface area contributed by atoms with E-state index < -0.39 is 10.0 Å². The molecule has 1 aliphatic heterocycles. The van der Waals surface area contributed by atoms with Gasteiger partial charge in [-0.1, -0.05) is 24.3 Å².